The molecule has 0 fully saturated rings. The molecule has 1 unspecified atom stereocenters. The predicted octanol–water partition coefficient (Wildman–Crippen LogP) is 4.67. The largest absolute Gasteiger partial charge is 0.355 e. The molecule has 0 amide bonds. The van der Waals surface area contributed by atoms with Gasteiger partial charge >= 0.3 is 0 Å². The summed E-state index contributed by atoms with van der Waals surface area (Å²) in [4.78, 5) is 5.96. The number of hydrogen-bond acceptors (Lipinski definition) is 4. The van der Waals surface area contributed by atoms with Crippen molar-refractivity contribution >= 4 is 52.9 Å². The molecule has 1 aromatic carbocycles. The fraction of sp³-hybridized carbons (Fsp3) is 0.350. The normalized spacial score (nSPS) is 12.3. The fourth-order valence-electron chi connectivity index (χ4n) is 2.86. The summed E-state index contributed by atoms with van der Waals surface area (Å²) in [7, 11) is 0. The number of halogens is 2. The molecule has 0 aliphatic carbocycles. The number of aromatic nitrogens is 3. The highest BCUT2D eigenvalue weighted by molar-refractivity contribution is 14.0. The molecule has 0 radical (unpaired) electrons. The standard InChI is InChI=1S/C20H25ClN6S.HI/c1-3-19-26-24-14-27(19)11-10-22-20(23-13-16-7-6-12-28-16)25-15(2)17-8-4-5-9-18(17)21;/h4-9,12,14-15H,3,10-11,13H2,1-2H3,(H2,22,23,25);1H. The van der Waals surface area contributed by atoms with Gasteiger partial charge in [0.05, 0.1) is 12.6 Å². The number of hydrogen-bond donors (Lipinski definition) is 2. The first-order chi connectivity index (χ1) is 13.7. The van der Waals surface area contributed by atoms with Crippen molar-refractivity contribution in [2.45, 2.75) is 39.4 Å². The van der Waals surface area contributed by atoms with Crippen molar-refractivity contribution in [3.05, 3.63) is 69.4 Å². The Morgan fingerprint density at radius 3 is 2.83 bits per heavy atom. The van der Waals surface area contributed by atoms with Crippen molar-refractivity contribution < 1.29 is 0 Å². The maximum absolute atomic E-state index is 6.35. The van der Waals surface area contributed by atoms with Crippen LogP contribution in [0, 0.1) is 0 Å². The van der Waals surface area contributed by atoms with E-state index in [1.54, 1.807) is 17.7 Å². The van der Waals surface area contributed by atoms with Crippen LogP contribution in [0.4, 0.5) is 0 Å². The van der Waals surface area contributed by atoms with Gasteiger partial charge in [0.1, 0.15) is 12.2 Å². The van der Waals surface area contributed by atoms with Gasteiger partial charge in [-0.05, 0) is 30.0 Å². The summed E-state index contributed by atoms with van der Waals surface area (Å²) < 4.78 is 2.06. The van der Waals surface area contributed by atoms with Crippen LogP contribution >= 0.6 is 46.9 Å². The number of benzene rings is 1. The van der Waals surface area contributed by atoms with Crippen molar-refractivity contribution in [3.63, 3.8) is 0 Å². The van der Waals surface area contributed by atoms with Crippen LogP contribution in [0.5, 0.6) is 0 Å². The lowest BCUT2D eigenvalue weighted by Gasteiger charge is -2.20. The van der Waals surface area contributed by atoms with Crippen molar-refractivity contribution in [2.24, 2.45) is 4.99 Å². The van der Waals surface area contributed by atoms with Crippen LogP contribution in [0.1, 0.15) is 36.2 Å². The molecule has 0 saturated carbocycles. The maximum atomic E-state index is 6.35. The average molecular weight is 545 g/mol. The zero-order valence-corrected chi connectivity index (χ0v) is 20.4. The third-order valence-electron chi connectivity index (χ3n) is 4.36. The Balaban J connectivity index is 0.00000300. The van der Waals surface area contributed by atoms with Gasteiger partial charge in [-0.2, -0.15) is 0 Å². The van der Waals surface area contributed by atoms with E-state index < -0.39 is 0 Å². The molecule has 9 heteroatoms. The molecule has 6 nitrogen and oxygen atoms in total. The number of nitrogens with one attached hydrogen (secondary N) is 2. The highest BCUT2D eigenvalue weighted by atomic mass is 127. The van der Waals surface area contributed by atoms with Gasteiger partial charge < -0.3 is 15.2 Å². The molecule has 2 heterocycles. The first-order valence-corrected chi connectivity index (χ1v) is 10.6. The van der Waals surface area contributed by atoms with Crippen LogP contribution < -0.4 is 10.6 Å². The van der Waals surface area contributed by atoms with Crippen LogP contribution in [0.2, 0.25) is 5.02 Å². The van der Waals surface area contributed by atoms with Crippen LogP contribution in [0.15, 0.2) is 53.1 Å². The lowest BCUT2D eigenvalue weighted by atomic mass is 10.1. The summed E-state index contributed by atoms with van der Waals surface area (Å²) in [6.07, 6.45) is 2.63. The Morgan fingerprint density at radius 2 is 2.10 bits per heavy atom. The first kappa shape index (κ1) is 23.6. The predicted molar refractivity (Wildman–Crippen MR) is 131 cm³/mol. The minimum absolute atomic E-state index is 0. The van der Waals surface area contributed by atoms with Crippen LogP contribution in [0.3, 0.4) is 0 Å². The molecule has 2 N–H and O–H groups in total. The van der Waals surface area contributed by atoms with Crippen molar-refractivity contribution in [1.29, 1.82) is 0 Å². The fourth-order valence-corrected chi connectivity index (χ4v) is 3.78. The SMILES string of the molecule is CCc1nncn1CCNC(=NCc1cccs1)NC(C)c1ccccc1Cl.I. The van der Waals surface area contributed by atoms with Gasteiger partial charge in [0.2, 0.25) is 0 Å². The molecule has 156 valence electrons. The first-order valence-electron chi connectivity index (χ1n) is 9.35. The van der Waals surface area contributed by atoms with Crippen LogP contribution in [-0.2, 0) is 19.5 Å². The number of rotatable bonds is 8. The second-order valence-electron chi connectivity index (χ2n) is 6.35. The average Bonchev–Trinajstić information content (AvgIpc) is 3.37. The lowest BCUT2D eigenvalue weighted by molar-refractivity contribution is 0.619. The van der Waals surface area contributed by atoms with Crippen molar-refractivity contribution in [3.8, 4) is 0 Å². The Kier molecular flexibility index (Phi) is 9.89. The molecule has 0 aliphatic rings. The summed E-state index contributed by atoms with van der Waals surface area (Å²) in [5.74, 6) is 1.74. The molecule has 29 heavy (non-hydrogen) atoms. The van der Waals surface area contributed by atoms with Gasteiger partial charge in [-0.15, -0.1) is 45.5 Å². The van der Waals surface area contributed by atoms with Crippen molar-refractivity contribution in [1.82, 2.24) is 25.4 Å². The quantitative estimate of drug-likeness (QED) is 0.246. The number of aryl methyl sites for hydroxylation is 1. The smallest absolute Gasteiger partial charge is 0.192 e. The molecule has 3 aromatic rings. The molecule has 0 bridgehead atoms. The second kappa shape index (κ2) is 12.1. The zero-order valence-electron chi connectivity index (χ0n) is 16.5. The Bertz CT molecular complexity index is 896. The molecule has 3 rings (SSSR count). The Labute approximate surface area is 197 Å². The van der Waals surface area contributed by atoms with E-state index in [4.69, 9.17) is 16.6 Å². The lowest BCUT2D eigenvalue weighted by Crippen LogP contribution is -2.40. The Morgan fingerprint density at radius 1 is 1.28 bits per heavy atom. The van der Waals surface area contributed by atoms with E-state index in [9.17, 15) is 0 Å². The molecular weight excluding hydrogens is 519 g/mol. The van der Waals surface area contributed by atoms with E-state index in [1.165, 1.54) is 4.88 Å². The number of nitrogens with zero attached hydrogens (tertiary/aromatic N) is 4. The molecule has 1 atom stereocenters. The molecule has 0 saturated heterocycles. The van der Waals surface area contributed by atoms with E-state index in [2.05, 4.69) is 50.7 Å². The van der Waals surface area contributed by atoms with Gasteiger partial charge in [-0.25, -0.2) is 4.99 Å². The minimum atomic E-state index is 0. The van der Waals surface area contributed by atoms with Gasteiger partial charge in [-0.1, -0.05) is 42.8 Å². The van der Waals surface area contributed by atoms with Crippen LogP contribution in [-0.4, -0.2) is 27.3 Å². The highest BCUT2D eigenvalue weighted by Gasteiger charge is 2.11. The van der Waals surface area contributed by atoms with Gasteiger partial charge in [0.25, 0.3) is 0 Å². The second-order valence-corrected chi connectivity index (χ2v) is 7.79. The van der Waals surface area contributed by atoms with E-state index in [0.717, 1.165) is 41.9 Å². The van der Waals surface area contributed by atoms with E-state index in [0.29, 0.717) is 6.54 Å². The monoisotopic (exact) mass is 544 g/mol. The van der Waals surface area contributed by atoms with Crippen molar-refractivity contribution in [2.75, 3.05) is 6.54 Å². The van der Waals surface area contributed by atoms with Gasteiger partial charge in [0, 0.05) is 29.4 Å². The third kappa shape index (κ3) is 6.97. The number of thiophene rings is 1. The zero-order chi connectivity index (χ0) is 19.8. The van der Waals surface area contributed by atoms with E-state index >= 15 is 0 Å². The summed E-state index contributed by atoms with van der Waals surface area (Å²) in [6, 6.07) is 12.0. The Hall–Kier alpha value is -1.65. The molecule has 0 spiro atoms. The number of aliphatic imine (C=N–C) groups is 1. The minimum Gasteiger partial charge on any atom is -0.355 e. The molecule has 2 aromatic heterocycles. The molecular formula is C20H26ClIN6S. The summed E-state index contributed by atoms with van der Waals surface area (Å²) in [6.45, 7) is 6.29. The topological polar surface area (TPSA) is 67.1 Å². The summed E-state index contributed by atoms with van der Waals surface area (Å²) in [5.41, 5.74) is 1.04. The summed E-state index contributed by atoms with van der Waals surface area (Å²) in [5, 5.41) is 17.8. The number of guanidine groups is 1. The molecule has 0 aliphatic heterocycles. The van der Waals surface area contributed by atoms with Gasteiger partial charge in [-0.3, -0.25) is 0 Å². The highest BCUT2D eigenvalue weighted by Crippen LogP contribution is 2.22. The summed E-state index contributed by atoms with van der Waals surface area (Å²) >= 11 is 8.06. The third-order valence-corrected chi connectivity index (χ3v) is 5.56. The van der Waals surface area contributed by atoms with E-state index in [1.807, 2.05) is 30.3 Å². The van der Waals surface area contributed by atoms with E-state index in [-0.39, 0.29) is 30.0 Å². The van der Waals surface area contributed by atoms with Gasteiger partial charge in [0.15, 0.2) is 5.96 Å². The maximum Gasteiger partial charge on any atom is 0.192 e. The van der Waals surface area contributed by atoms with Crippen LogP contribution in [0.25, 0.3) is 0 Å².